The normalized spacial score (nSPS) is 18.8. The minimum atomic E-state index is -0.308. The Balaban J connectivity index is 1.85. The molecule has 0 spiro atoms. The molecule has 0 aromatic heterocycles. The van der Waals surface area contributed by atoms with Gasteiger partial charge in [-0.3, -0.25) is 0 Å². The largest absolute Gasteiger partial charge is 0.380 e. The molecule has 0 bridgehead atoms. The number of unbranched alkanes of at least 4 members (excludes halogenated alkanes) is 15. The molecule has 0 amide bonds. The summed E-state index contributed by atoms with van der Waals surface area (Å²) in [5.41, 5.74) is 6.06. The molecule has 35 heavy (non-hydrogen) atoms. The Bertz CT molecular complexity index is 453. The van der Waals surface area contributed by atoms with E-state index in [4.69, 9.17) is 15.2 Å². The Morgan fingerprint density at radius 3 is 1.57 bits per heavy atom. The van der Waals surface area contributed by atoms with E-state index in [1.54, 1.807) is 0 Å². The van der Waals surface area contributed by atoms with Gasteiger partial charge in [0, 0.05) is 13.2 Å². The number of rotatable bonds is 27. The standard InChI is InChI=1S/C32H65NO2/c1-5-7-9-11-15-19-23-29-27-30(29)24-20-16-13-14-18-22-26-35-32(3,4)31(33)28-34-25-21-17-12-10-8-6-2/h29-31H,5-28,33H2,1-4H3. The van der Waals surface area contributed by atoms with Crippen molar-refractivity contribution in [3.05, 3.63) is 0 Å². The SMILES string of the molecule is CCCCCCCCOCC(N)C(C)(C)OCCCCCCCCC1CC1CCCCCCCC. The molecular formula is C32H65NO2. The van der Waals surface area contributed by atoms with Crippen LogP contribution in [0.3, 0.4) is 0 Å². The lowest BCUT2D eigenvalue weighted by Gasteiger charge is -2.31. The molecule has 1 rings (SSSR count). The van der Waals surface area contributed by atoms with Gasteiger partial charge in [-0.1, -0.05) is 129 Å². The predicted molar refractivity (Wildman–Crippen MR) is 154 cm³/mol. The van der Waals surface area contributed by atoms with E-state index in [1.165, 1.54) is 122 Å². The third-order valence-corrected chi connectivity index (χ3v) is 8.27. The van der Waals surface area contributed by atoms with Gasteiger partial charge in [-0.15, -0.1) is 0 Å². The summed E-state index contributed by atoms with van der Waals surface area (Å²) >= 11 is 0. The quantitative estimate of drug-likeness (QED) is 0.115. The first-order valence-electron chi connectivity index (χ1n) is 16.0. The molecule has 210 valence electrons. The molecule has 0 aromatic rings. The van der Waals surface area contributed by atoms with Crippen LogP contribution in [0.25, 0.3) is 0 Å². The summed E-state index contributed by atoms with van der Waals surface area (Å²) in [7, 11) is 0. The fraction of sp³-hybridized carbons (Fsp3) is 1.00. The maximum absolute atomic E-state index is 6.37. The Hall–Kier alpha value is -0.120. The second kappa shape index (κ2) is 21.9. The summed E-state index contributed by atoms with van der Waals surface area (Å²) in [6, 6.07) is -0.0603. The van der Waals surface area contributed by atoms with Crippen LogP contribution in [-0.4, -0.2) is 31.5 Å². The van der Waals surface area contributed by atoms with Gasteiger partial charge in [0.05, 0.1) is 18.2 Å². The molecule has 0 saturated heterocycles. The average Bonchev–Trinajstić information content (AvgIpc) is 3.59. The monoisotopic (exact) mass is 496 g/mol. The molecule has 3 nitrogen and oxygen atoms in total. The first kappa shape index (κ1) is 32.9. The minimum Gasteiger partial charge on any atom is -0.380 e. The van der Waals surface area contributed by atoms with Crippen LogP contribution >= 0.6 is 0 Å². The Morgan fingerprint density at radius 2 is 1.06 bits per heavy atom. The number of ether oxygens (including phenoxy) is 2. The van der Waals surface area contributed by atoms with Gasteiger partial charge in [-0.25, -0.2) is 0 Å². The van der Waals surface area contributed by atoms with E-state index in [0.29, 0.717) is 6.61 Å². The van der Waals surface area contributed by atoms with Crippen molar-refractivity contribution in [1.82, 2.24) is 0 Å². The zero-order chi connectivity index (χ0) is 25.6. The van der Waals surface area contributed by atoms with Gasteiger partial charge in [-0.2, -0.15) is 0 Å². The van der Waals surface area contributed by atoms with Crippen LogP contribution < -0.4 is 5.73 Å². The summed E-state index contributed by atoms with van der Waals surface area (Å²) in [4.78, 5) is 0. The third-order valence-electron chi connectivity index (χ3n) is 8.27. The highest BCUT2D eigenvalue weighted by molar-refractivity contribution is 4.85. The van der Waals surface area contributed by atoms with Gasteiger partial charge < -0.3 is 15.2 Å². The van der Waals surface area contributed by atoms with Crippen molar-refractivity contribution in [2.75, 3.05) is 19.8 Å². The molecule has 1 aliphatic carbocycles. The Labute approximate surface area is 221 Å². The smallest absolute Gasteiger partial charge is 0.0799 e. The third kappa shape index (κ3) is 18.7. The van der Waals surface area contributed by atoms with E-state index < -0.39 is 0 Å². The van der Waals surface area contributed by atoms with E-state index in [-0.39, 0.29) is 11.6 Å². The molecule has 2 N–H and O–H groups in total. The van der Waals surface area contributed by atoms with Crippen LogP contribution in [0.5, 0.6) is 0 Å². The van der Waals surface area contributed by atoms with Gasteiger partial charge in [0.25, 0.3) is 0 Å². The molecule has 1 aliphatic rings. The second-order valence-corrected chi connectivity index (χ2v) is 12.1. The molecule has 0 aromatic carbocycles. The molecular weight excluding hydrogens is 430 g/mol. The van der Waals surface area contributed by atoms with Crippen molar-refractivity contribution in [2.24, 2.45) is 17.6 Å². The number of nitrogens with two attached hydrogens (primary N) is 1. The maximum atomic E-state index is 6.37. The van der Waals surface area contributed by atoms with Crippen molar-refractivity contribution in [1.29, 1.82) is 0 Å². The van der Waals surface area contributed by atoms with Crippen LogP contribution in [0.15, 0.2) is 0 Å². The van der Waals surface area contributed by atoms with E-state index in [0.717, 1.165) is 37.9 Å². The van der Waals surface area contributed by atoms with E-state index in [9.17, 15) is 0 Å². The van der Waals surface area contributed by atoms with Crippen LogP contribution in [0.2, 0.25) is 0 Å². The summed E-state index contributed by atoms with van der Waals surface area (Å²) < 4.78 is 12.0. The van der Waals surface area contributed by atoms with Gasteiger partial charge >= 0.3 is 0 Å². The molecule has 0 radical (unpaired) electrons. The van der Waals surface area contributed by atoms with Crippen LogP contribution in [-0.2, 0) is 9.47 Å². The van der Waals surface area contributed by atoms with Crippen LogP contribution in [0, 0.1) is 11.8 Å². The predicted octanol–water partition coefficient (Wildman–Crippen LogP) is 9.60. The van der Waals surface area contributed by atoms with E-state index in [2.05, 4.69) is 27.7 Å². The molecule has 3 unspecified atom stereocenters. The summed E-state index contributed by atoms with van der Waals surface area (Å²) in [6.07, 6.45) is 29.1. The first-order valence-corrected chi connectivity index (χ1v) is 16.0. The van der Waals surface area contributed by atoms with Crippen molar-refractivity contribution in [2.45, 2.75) is 174 Å². The molecule has 1 saturated carbocycles. The topological polar surface area (TPSA) is 44.5 Å². The molecule has 0 heterocycles. The fourth-order valence-electron chi connectivity index (χ4n) is 5.26. The lowest BCUT2D eigenvalue weighted by atomic mass is 10.00. The number of hydrogen-bond acceptors (Lipinski definition) is 3. The number of hydrogen-bond donors (Lipinski definition) is 1. The van der Waals surface area contributed by atoms with Gasteiger partial charge in [-0.05, 0) is 44.9 Å². The average molecular weight is 496 g/mol. The van der Waals surface area contributed by atoms with E-state index in [1.807, 2.05) is 0 Å². The molecule has 1 fully saturated rings. The van der Waals surface area contributed by atoms with Crippen molar-refractivity contribution < 1.29 is 9.47 Å². The fourth-order valence-corrected chi connectivity index (χ4v) is 5.26. The Kier molecular flexibility index (Phi) is 20.6. The van der Waals surface area contributed by atoms with Crippen molar-refractivity contribution in [3.63, 3.8) is 0 Å². The van der Waals surface area contributed by atoms with Gasteiger partial charge in [0.1, 0.15) is 0 Å². The second-order valence-electron chi connectivity index (χ2n) is 12.1. The van der Waals surface area contributed by atoms with Gasteiger partial charge in [0.15, 0.2) is 0 Å². The van der Waals surface area contributed by atoms with Gasteiger partial charge in [0.2, 0.25) is 0 Å². The highest BCUT2D eigenvalue weighted by atomic mass is 16.5. The highest BCUT2D eigenvalue weighted by Gasteiger charge is 2.35. The van der Waals surface area contributed by atoms with E-state index >= 15 is 0 Å². The maximum Gasteiger partial charge on any atom is 0.0799 e. The molecule has 3 atom stereocenters. The summed E-state index contributed by atoms with van der Waals surface area (Å²) in [5, 5.41) is 0. The van der Waals surface area contributed by atoms with Crippen LogP contribution in [0.1, 0.15) is 163 Å². The van der Waals surface area contributed by atoms with Crippen molar-refractivity contribution in [3.8, 4) is 0 Å². The molecule has 3 heteroatoms. The van der Waals surface area contributed by atoms with Crippen molar-refractivity contribution >= 4 is 0 Å². The lowest BCUT2D eigenvalue weighted by molar-refractivity contribution is -0.0566. The first-order chi connectivity index (χ1) is 17.0. The molecule has 0 aliphatic heterocycles. The zero-order valence-corrected chi connectivity index (χ0v) is 24.6. The Morgan fingerprint density at radius 1 is 0.629 bits per heavy atom. The minimum absolute atomic E-state index is 0.0603. The zero-order valence-electron chi connectivity index (χ0n) is 24.6. The lowest BCUT2D eigenvalue weighted by Crippen LogP contribution is -2.48. The summed E-state index contributed by atoms with van der Waals surface area (Å²) in [5.74, 6) is 2.18. The highest BCUT2D eigenvalue weighted by Crippen LogP contribution is 2.45. The summed E-state index contributed by atoms with van der Waals surface area (Å²) in [6.45, 7) is 11.0. The van der Waals surface area contributed by atoms with Crippen LogP contribution in [0.4, 0.5) is 0 Å².